The lowest BCUT2D eigenvalue weighted by Gasteiger charge is -2.12. The van der Waals surface area contributed by atoms with E-state index in [9.17, 15) is 23.3 Å². The third kappa shape index (κ3) is 4.46. The van der Waals surface area contributed by atoms with Crippen molar-refractivity contribution < 1.29 is 27.6 Å². The van der Waals surface area contributed by atoms with E-state index in [1.807, 2.05) is 0 Å². The molecule has 10 heteroatoms. The quantitative estimate of drug-likeness (QED) is 0.454. The van der Waals surface area contributed by atoms with Gasteiger partial charge in [0.05, 0.1) is 30.9 Å². The van der Waals surface area contributed by atoms with Crippen LogP contribution in [0.15, 0.2) is 35.4 Å². The van der Waals surface area contributed by atoms with Crippen molar-refractivity contribution >= 4 is 17.6 Å². The minimum Gasteiger partial charge on any atom is -0.496 e. The van der Waals surface area contributed by atoms with E-state index in [0.29, 0.717) is 23.1 Å². The standard InChI is InChI=1S/C17H16F3N3O4/c1-10-15(26-2)7-4-11(16(10)27-3)9-21-22-13-6-5-12(17(18,19)20)8-14(13)23(24)25/h4-9,22H,1-3H3/b21-9-. The second-order valence-electron chi connectivity index (χ2n) is 5.37. The van der Waals surface area contributed by atoms with Gasteiger partial charge in [-0.15, -0.1) is 0 Å². The van der Waals surface area contributed by atoms with Crippen LogP contribution in [0.5, 0.6) is 11.5 Å². The lowest BCUT2D eigenvalue weighted by molar-refractivity contribution is -0.384. The van der Waals surface area contributed by atoms with Crippen molar-refractivity contribution in [1.29, 1.82) is 0 Å². The van der Waals surface area contributed by atoms with Gasteiger partial charge in [-0.2, -0.15) is 18.3 Å². The minimum absolute atomic E-state index is 0.173. The molecule has 0 bridgehead atoms. The van der Waals surface area contributed by atoms with E-state index in [0.717, 1.165) is 17.7 Å². The van der Waals surface area contributed by atoms with Gasteiger partial charge in [0, 0.05) is 17.2 Å². The Balaban J connectivity index is 2.31. The van der Waals surface area contributed by atoms with E-state index in [1.54, 1.807) is 19.1 Å². The topological polar surface area (TPSA) is 86.0 Å². The number of rotatable bonds is 6. The molecule has 0 aromatic heterocycles. The zero-order valence-electron chi connectivity index (χ0n) is 14.6. The third-order valence-electron chi connectivity index (χ3n) is 3.72. The Labute approximate surface area is 152 Å². The molecule has 0 aliphatic heterocycles. The molecule has 0 saturated heterocycles. The zero-order valence-corrected chi connectivity index (χ0v) is 14.6. The third-order valence-corrected chi connectivity index (χ3v) is 3.72. The normalized spacial score (nSPS) is 11.5. The Hall–Kier alpha value is -3.30. The van der Waals surface area contributed by atoms with Crippen LogP contribution in [-0.2, 0) is 6.18 Å². The number of hydrogen-bond donors (Lipinski definition) is 1. The molecule has 0 aliphatic carbocycles. The highest BCUT2D eigenvalue weighted by atomic mass is 19.4. The first-order valence-corrected chi connectivity index (χ1v) is 7.55. The Morgan fingerprint density at radius 1 is 1.19 bits per heavy atom. The molecular formula is C17H16F3N3O4. The van der Waals surface area contributed by atoms with Gasteiger partial charge in [-0.25, -0.2) is 0 Å². The molecule has 0 amide bonds. The monoisotopic (exact) mass is 383 g/mol. The maximum absolute atomic E-state index is 12.7. The van der Waals surface area contributed by atoms with E-state index in [4.69, 9.17) is 9.47 Å². The van der Waals surface area contributed by atoms with E-state index >= 15 is 0 Å². The number of halogens is 3. The molecule has 1 N–H and O–H groups in total. The smallest absolute Gasteiger partial charge is 0.416 e. The summed E-state index contributed by atoms with van der Waals surface area (Å²) in [5.41, 5.74) is 1.65. The first-order valence-electron chi connectivity index (χ1n) is 7.55. The minimum atomic E-state index is -4.68. The summed E-state index contributed by atoms with van der Waals surface area (Å²) < 4.78 is 48.7. The van der Waals surface area contributed by atoms with Crippen molar-refractivity contribution in [3.8, 4) is 11.5 Å². The fourth-order valence-corrected chi connectivity index (χ4v) is 2.41. The highest BCUT2D eigenvalue weighted by molar-refractivity contribution is 5.85. The molecule has 0 radical (unpaired) electrons. The second-order valence-corrected chi connectivity index (χ2v) is 5.37. The predicted octanol–water partition coefficient (Wildman–Crippen LogP) is 4.39. The summed E-state index contributed by atoms with van der Waals surface area (Å²) in [4.78, 5) is 10.2. The maximum Gasteiger partial charge on any atom is 0.416 e. The second kappa shape index (κ2) is 7.94. The van der Waals surface area contributed by atoms with Crippen LogP contribution in [0.25, 0.3) is 0 Å². The van der Waals surface area contributed by atoms with Crippen LogP contribution in [0.4, 0.5) is 24.5 Å². The van der Waals surface area contributed by atoms with Crippen LogP contribution >= 0.6 is 0 Å². The van der Waals surface area contributed by atoms with Gasteiger partial charge in [-0.1, -0.05) is 0 Å². The van der Waals surface area contributed by atoms with Gasteiger partial charge in [0.15, 0.2) is 0 Å². The first kappa shape index (κ1) is 20.0. The Kier molecular flexibility index (Phi) is 5.88. The zero-order chi connectivity index (χ0) is 20.2. The lowest BCUT2D eigenvalue weighted by atomic mass is 10.1. The summed E-state index contributed by atoms with van der Waals surface area (Å²) in [5.74, 6) is 1.09. The Bertz CT molecular complexity index is 882. The molecule has 0 unspecified atom stereocenters. The van der Waals surface area contributed by atoms with Crippen LogP contribution in [0, 0.1) is 17.0 Å². The fraction of sp³-hybridized carbons (Fsp3) is 0.235. The van der Waals surface area contributed by atoms with Crippen LogP contribution in [-0.4, -0.2) is 25.4 Å². The van der Waals surface area contributed by atoms with Crippen molar-refractivity contribution in [3.63, 3.8) is 0 Å². The van der Waals surface area contributed by atoms with E-state index < -0.39 is 22.4 Å². The molecule has 0 atom stereocenters. The molecule has 2 rings (SSSR count). The van der Waals surface area contributed by atoms with Crippen molar-refractivity contribution in [2.45, 2.75) is 13.1 Å². The van der Waals surface area contributed by atoms with Crippen LogP contribution in [0.3, 0.4) is 0 Å². The van der Waals surface area contributed by atoms with Crippen molar-refractivity contribution in [2.24, 2.45) is 5.10 Å². The number of nitro groups is 1. The average molecular weight is 383 g/mol. The number of nitrogens with zero attached hydrogens (tertiary/aromatic N) is 2. The molecule has 0 fully saturated rings. The summed E-state index contributed by atoms with van der Waals surface area (Å²) in [6.45, 7) is 1.78. The summed E-state index contributed by atoms with van der Waals surface area (Å²) in [6, 6.07) is 5.50. The molecule has 2 aromatic carbocycles. The van der Waals surface area contributed by atoms with Crippen LogP contribution in [0.2, 0.25) is 0 Å². The van der Waals surface area contributed by atoms with Crippen LogP contribution < -0.4 is 14.9 Å². The summed E-state index contributed by atoms with van der Waals surface area (Å²) in [7, 11) is 2.98. The van der Waals surface area contributed by atoms with Crippen molar-refractivity contribution in [1.82, 2.24) is 0 Å². The number of nitro benzene ring substituents is 1. The largest absolute Gasteiger partial charge is 0.496 e. The van der Waals surface area contributed by atoms with E-state index in [1.165, 1.54) is 20.4 Å². The van der Waals surface area contributed by atoms with Crippen LogP contribution in [0.1, 0.15) is 16.7 Å². The number of nitrogens with one attached hydrogen (secondary N) is 1. The van der Waals surface area contributed by atoms with Crippen molar-refractivity contribution in [2.75, 3.05) is 19.6 Å². The van der Waals surface area contributed by atoms with Gasteiger partial charge >= 0.3 is 6.18 Å². The number of hydrazone groups is 1. The average Bonchev–Trinajstić information content (AvgIpc) is 2.61. The summed E-state index contributed by atoms with van der Waals surface area (Å²) in [6.07, 6.45) is -3.34. The van der Waals surface area contributed by atoms with E-state index in [-0.39, 0.29) is 5.69 Å². The first-order chi connectivity index (χ1) is 12.7. The van der Waals surface area contributed by atoms with Crippen molar-refractivity contribution in [3.05, 3.63) is 57.1 Å². The number of anilines is 1. The molecular weight excluding hydrogens is 367 g/mol. The highest BCUT2D eigenvalue weighted by Crippen LogP contribution is 2.35. The predicted molar refractivity (Wildman–Crippen MR) is 93.6 cm³/mol. The SMILES string of the molecule is COc1ccc(/C=N\Nc2ccc(C(F)(F)F)cc2[N+](=O)[O-])c(OC)c1C. The number of hydrogen-bond acceptors (Lipinski definition) is 6. The van der Waals surface area contributed by atoms with E-state index in [2.05, 4.69) is 10.5 Å². The maximum atomic E-state index is 12.7. The number of ether oxygens (including phenoxy) is 2. The number of methoxy groups -OCH3 is 2. The molecule has 144 valence electrons. The fourth-order valence-electron chi connectivity index (χ4n) is 2.41. The van der Waals surface area contributed by atoms with Gasteiger partial charge in [-0.05, 0) is 31.2 Å². The summed E-state index contributed by atoms with van der Waals surface area (Å²) >= 11 is 0. The molecule has 0 spiro atoms. The Morgan fingerprint density at radius 3 is 2.44 bits per heavy atom. The van der Waals surface area contributed by atoms with Gasteiger partial charge < -0.3 is 9.47 Å². The number of benzene rings is 2. The lowest BCUT2D eigenvalue weighted by Crippen LogP contribution is -2.06. The molecule has 27 heavy (non-hydrogen) atoms. The molecule has 0 aliphatic rings. The van der Waals surface area contributed by atoms with Gasteiger partial charge in [0.25, 0.3) is 5.69 Å². The Morgan fingerprint density at radius 2 is 1.89 bits per heavy atom. The highest BCUT2D eigenvalue weighted by Gasteiger charge is 2.33. The summed E-state index contributed by atoms with van der Waals surface area (Å²) in [5, 5.41) is 14.9. The number of alkyl halides is 3. The molecule has 0 saturated carbocycles. The van der Waals surface area contributed by atoms with Gasteiger partial charge in [0.2, 0.25) is 0 Å². The van der Waals surface area contributed by atoms with Gasteiger partial charge in [0.1, 0.15) is 17.2 Å². The molecule has 2 aromatic rings. The van der Waals surface area contributed by atoms with Gasteiger partial charge in [-0.3, -0.25) is 15.5 Å². The molecule has 0 heterocycles. The molecule has 7 nitrogen and oxygen atoms in total.